The van der Waals surface area contributed by atoms with Crippen LogP contribution in [0, 0.1) is 0 Å². The number of nitrogens with one attached hydrogen (secondary N) is 1. The van der Waals surface area contributed by atoms with Crippen molar-refractivity contribution < 1.29 is 9.52 Å². The van der Waals surface area contributed by atoms with Crippen molar-refractivity contribution in [3.05, 3.63) is 43.8 Å². The zero-order valence-electron chi connectivity index (χ0n) is 12.9. The SMILES string of the molecule is C[C@@H](O)[C@H](N)Cc1oc2c(NCc3cccs3)cc(Cl)nc2c1Br. The van der Waals surface area contributed by atoms with E-state index in [2.05, 4.69) is 32.3 Å². The van der Waals surface area contributed by atoms with E-state index in [-0.39, 0.29) is 0 Å². The number of aromatic nitrogens is 1. The number of anilines is 1. The average molecular weight is 431 g/mol. The molecule has 3 heterocycles. The summed E-state index contributed by atoms with van der Waals surface area (Å²) in [6, 6.07) is 5.39. The van der Waals surface area contributed by atoms with Crippen molar-refractivity contribution in [2.45, 2.75) is 32.0 Å². The number of thiophene rings is 1. The first-order chi connectivity index (χ1) is 11.5. The molecule has 0 radical (unpaired) electrons. The van der Waals surface area contributed by atoms with Crippen LogP contribution in [-0.2, 0) is 13.0 Å². The molecule has 0 bridgehead atoms. The van der Waals surface area contributed by atoms with Gasteiger partial charge in [-0.2, -0.15) is 0 Å². The van der Waals surface area contributed by atoms with Gasteiger partial charge in [-0.15, -0.1) is 11.3 Å². The predicted molar refractivity (Wildman–Crippen MR) is 102 cm³/mol. The van der Waals surface area contributed by atoms with Crippen molar-refractivity contribution >= 4 is 55.7 Å². The Balaban J connectivity index is 1.94. The highest BCUT2D eigenvalue weighted by molar-refractivity contribution is 9.10. The lowest BCUT2D eigenvalue weighted by atomic mass is 10.1. The van der Waals surface area contributed by atoms with Crippen LogP contribution in [0.1, 0.15) is 17.6 Å². The zero-order valence-corrected chi connectivity index (χ0v) is 16.1. The number of furan rings is 1. The molecule has 0 aliphatic rings. The summed E-state index contributed by atoms with van der Waals surface area (Å²) in [6.45, 7) is 2.33. The van der Waals surface area contributed by atoms with E-state index in [0.29, 0.717) is 35.0 Å². The third kappa shape index (κ3) is 3.75. The molecule has 3 aromatic heterocycles. The fourth-order valence-corrected chi connectivity index (χ4v) is 3.65. The molecule has 0 saturated carbocycles. The van der Waals surface area contributed by atoms with Gasteiger partial charge in [-0.1, -0.05) is 17.7 Å². The second-order valence-electron chi connectivity index (χ2n) is 5.55. The Morgan fingerprint density at radius 3 is 3.00 bits per heavy atom. The zero-order chi connectivity index (χ0) is 17.3. The number of fused-ring (bicyclic) bond motifs is 1. The lowest BCUT2D eigenvalue weighted by Gasteiger charge is -2.12. The van der Waals surface area contributed by atoms with E-state index >= 15 is 0 Å². The van der Waals surface area contributed by atoms with Crippen molar-refractivity contribution in [1.82, 2.24) is 4.98 Å². The molecule has 0 aromatic carbocycles. The van der Waals surface area contributed by atoms with Crippen LogP contribution in [0.4, 0.5) is 5.69 Å². The minimum Gasteiger partial charge on any atom is -0.456 e. The molecule has 0 fully saturated rings. The summed E-state index contributed by atoms with van der Waals surface area (Å²) in [5.41, 5.74) is 7.98. The van der Waals surface area contributed by atoms with Gasteiger partial charge in [-0.25, -0.2) is 4.98 Å². The summed E-state index contributed by atoms with van der Waals surface area (Å²) >= 11 is 11.3. The Morgan fingerprint density at radius 1 is 1.54 bits per heavy atom. The Labute approximate surface area is 157 Å². The summed E-state index contributed by atoms with van der Waals surface area (Å²) in [7, 11) is 0. The summed E-state index contributed by atoms with van der Waals surface area (Å²) in [5.74, 6) is 0.646. The molecular formula is C16H17BrClN3O2S. The summed E-state index contributed by atoms with van der Waals surface area (Å²) in [4.78, 5) is 5.54. The quantitative estimate of drug-likeness (QED) is 0.511. The monoisotopic (exact) mass is 429 g/mol. The molecule has 0 saturated heterocycles. The van der Waals surface area contributed by atoms with Crippen molar-refractivity contribution in [2.75, 3.05) is 5.32 Å². The molecule has 8 heteroatoms. The van der Waals surface area contributed by atoms with Gasteiger partial charge >= 0.3 is 0 Å². The number of hydrogen-bond acceptors (Lipinski definition) is 6. The molecule has 0 aliphatic carbocycles. The van der Waals surface area contributed by atoms with Crippen molar-refractivity contribution in [3.63, 3.8) is 0 Å². The molecule has 0 aliphatic heterocycles. The van der Waals surface area contributed by atoms with E-state index in [1.807, 2.05) is 11.4 Å². The highest BCUT2D eigenvalue weighted by Gasteiger charge is 2.21. The van der Waals surface area contributed by atoms with E-state index in [4.69, 9.17) is 21.8 Å². The first-order valence-corrected chi connectivity index (χ1v) is 9.48. The summed E-state index contributed by atoms with van der Waals surface area (Å²) < 4.78 is 6.68. The maximum Gasteiger partial charge on any atom is 0.177 e. The number of pyridine rings is 1. The minimum atomic E-state index is -0.627. The number of hydrogen-bond donors (Lipinski definition) is 3. The van der Waals surface area contributed by atoms with Crippen molar-refractivity contribution in [2.24, 2.45) is 5.73 Å². The van der Waals surface area contributed by atoms with Gasteiger partial charge < -0.3 is 20.6 Å². The molecule has 3 aromatic rings. The van der Waals surface area contributed by atoms with Crippen LogP contribution in [0.2, 0.25) is 5.15 Å². The second kappa shape index (κ2) is 7.41. The fourth-order valence-electron chi connectivity index (χ4n) is 2.30. The smallest absolute Gasteiger partial charge is 0.177 e. The third-order valence-corrected chi connectivity index (χ3v) is 5.58. The standard InChI is InChI=1S/C16H17BrClN3O2S/c1-8(22)10(19)5-12-14(17)15-16(23-12)11(6-13(18)21-15)20-7-9-3-2-4-24-9/h2-4,6,8,10,22H,5,7,19H2,1H3,(H,20,21)/t8-,10-/m1/s1. The molecule has 2 atom stereocenters. The normalized spacial score (nSPS) is 14.0. The van der Waals surface area contributed by atoms with E-state index in [1.54, 1.807) is 24.3 Å². The lowest BCUT2D eigenvalue weighted by Crippen LogP contribution is -2.34. The van der Waals surface area contributed by atoms with Crippen LogP contribution in [0.3, 0.4) is 0 Å². The van der Waals surface area contributed by atoms with Gasteiger partial charge in [0.25, 0.3) is 0 Å². The first kappa shape index (κ1) is 17.7. The van der Waals surface area contributed by atoms with Crippen LogP contribution >= 0.6 is 38.9 Å². The van der Waals surface area contributed by atoms with Crippen LogP contribution in [0.5, 0.6) is 0 Å². The second-order valence-corrected chi connectivity index (χ2v) is 7.76. The van der Waals surface area contributed by atoms with Gasteiger partial charge in [0.2, 0.25) is 0 Å². The minimum absolute atomic E-state index is 0.379. The highest BCUT2D eigenvalue weighted by Crippen LogP contribution is 2.36. The van der Waals surface area contributed by atoms with Gasteiger partial charge in [0.1, 0.15) is 16.4 Å². The van der Waals surface area contributed by atoms with Gasteiger partial charge in [0, 0.05) is 30.0 Å². The summed E-state index contributed by atoms with van der Waals surface area (Å²) in [6.07, 6.45) is -0.227. The molecule has 0 spiro atoms. The molecule has 4 N–H and O–H groups in total. The number of halogens is 2. The Kier molecular flexibility index (Phi) is 5.46. The number of nitrogens with two attached hydrogens (primary N) is 1. The lowest BCUT2D eigenvalue weighted by molar-refractivity contribution is 0.160. The fraction of sp³-hybridized carbons (Fsp3) is 0.312. The molecule has 0 amide bonds. The van der Waals surface area contributed by atoms with Gasteiger partial charge in [0.05, 0.1) is 16.3 Å². The van der Waals surface area contributed by atoms with Crippen molar-refractivity contribution in [3.8, 4) is 0 Å². The Bertz CT molecular complexity index is 836. The maximum absolute atomic E-state index is 9.61. The predicted octanol–water partition coefficient (Wildman–Crippen LogP) is 4.17. The first-order valence-electron chi connectivity index (χ1n) is 7.43. The number of aliphatic hydroxyl groups is 1. The molecule has 5 nitrogen and oxygen atoms in total. The summed E-state index contributed by atoms with van der Waals surface area (Å²) in [5, 5.41) is 15.4. The van der Waals surface area contributed by atoms with Crippen LogP contribution in [0.25, 0.3) is 11.1 Å². The van der Waals surface area contributed by atoms with Crippen LogP contribution in [-0.4, -0.2) is 22.2 Å². The van der Waals surface area contributed by atoms with Crippen molar-refractivity contribution in [1.29, 1.82) is 0 Å². The van der Waals surface area contributed by atoms with E-state index in [9.17, 15) is 5.11 Å². The maximum atomic E-state index is 9.61. The number of rotatable bonds is 6. The van der Waals surface area contributed by atoms with E-state index < -0.39 is 12.1 Å². The van der Waals surface area contributed by atoms with Gasteiger partial charge in [0.15, 0.2) is 5.58 Å². The molecule has 0 unspecified atom stereocenters. The largest absolute Gasteiger partial charge is 0.456 e. The topological polar surface area (TPSA) is 84.3 Å². The van der Waals surface area contributed by atoms with Crippen LogP contribution in [0.15, 0.2) is 32.5 Å². The third-order valence-electron chi connectivity index (χ3n) is 3.69. The van der Waals surface area contributed by atoms with E-state index in [1.165, 1.54) is 4.88 Å². The van der Waals surface area contributed by atoms with Gasteiger partial charge in [-0.3, -0.25) is 0 Å². The molecular weight excluding hydrogens is 414 g/mol. The van der Waals surface area contributed by atoms with Crippen LogP contribution < -0.4 is 11.1 Å². The number of aliphatic hydroxyl groups excluding tert-OH is 1. The Hall–Kier alpha value is -1.12. The molecule has 3 rings (SSSR count). The Morgan fingerprint density at radius 2 is 2.33 bits per heavy atom. The molecule has 128 valence electrons. The highest BCUT2D eigenvalue weighted by atomic mass is 79.9. The number of nitrogens with zero attached hydrogens (tertiary/aromatic N) is 1. The molecule has 24 heavy (non-hydrogen) atoms. The van der Waals surface area contributed by atoms with E-state index in [0.717, 1.165) is 10.2 Å². The average Bonchev–Trinajstić information content (AvgIpc) is 3.15. The van der Waals surface area contributed by atoms with Gasteiger partial charge in [-0.05, 0) is 34.3 Å².